The van der Waals surface area contributed by atoms with Gasteiger partial charge in [0.1, 0.15) is 5.69 Å². The molecule has 0 spiro atoms. The van der Waals surface area contributed by atoms with Crippen LogP contribution in [0.25, 0.3) is 11.5 Å². The van der Waals surface area contributed by atoms with Crippen molar-refractivity contribution < 1.29 is 13.3 Å². The number of hydrogen-bond acceptors (Lipinski definition) is 5. The first-order valence-corrected chi connectivity index (χ1v) is 8.47. The third-order valence-electron chi connectivity index (χ3n) is 4.17. The van der Waals surface area contributed by atoms with Gasteiger partial charge in [-0.15, -0.1) is 0 Å². The van der Waals surface area contributed by atoms with Crippen molar-refractivity contribution >= 4 is 0 Å². The van der Waals surface area contributed by atoms with E-state index in [1.165, 1.54) is 17.3 Å². The first-order valence-electron chi connectivity index (χ1n) is 8.47. The predicted octanol–water partition coefficient (Wildman–Crippen LogP) is 3.73. The summed E-state index contributed by atoms with van der Waals surface area (Å²) in [6.07, 6.45) is 3.06. The summed E-state index contributed by atoms with van der Waals surface area (Å²) in [4.78, 5) is 4.35. The molecule has 8 heteroatoms. The van der Waals surface area contributed by atoms with E-state index in [1.54, 1.807) is 0 Å². The van der Waals surface area contributed by atoms with Crippen molar-refractivity contribution in [3.05, 3.63) is 17.7 Å². The Morgan fingerprint density at radius 3 is 2.92 bits per heavy atom. The van der Waals surface area contributed by atoms with E-state index in [0.29, 0.717) is 12.4 Å². The fraction of sp³-hybridized carbons (Fsp3) is 0.688. The molecule has 0 aliphatic carbocycles. The summed E-state index contributed by atoms with van der Waals surface area (Å²) < 4.78 is 33.6. The molecule has 3 rings (SSSR count). The molecule has 1 saturated heterocycles. The maximum absolute atomic E-state index is 13.5. The average molecular weight is 339 g/mol. The van der Waals surface area contributed by atoms with Gasteiger partial charge in [-0.3, -0.25) is 4.68 Å². The lowest BCUT2D eigenvalue weighted by Crippen LogP contribution is -2.21. The minimum absolute atomic E-state index is 0.0192. The molecule has 0 unspecified atom stereocenters. The second kappa shape index (κ2) is 7.38. The maximum atomic E-state index is 13.5. The zero-order valence-corrected chi connectivity index (χ0v) is 14.0. The Hall–Kier alpha value is -1.83. The average Bonchev–Trinajstić information content (AvgIpc) is 3.06. The number of nitrogens with zero attached hydrogens (tertiary/aromatic N) is 4. The fourth-order valence-corrected chi connectivity index (χ4v) is 3.02. The van der Waals surface area contributed by atoms with E-state index >= 15 is 0 Å². The van der Waals surface area contributed by atoms with Gasteiger partial charge >= 0.3 is 0 Å². The Bertz CT molecular complexity index is 659. The molecular weight excluding hydrogens is 316 g/mol. The highest BCUT2D eigenvalue weighted by atomic mass is 19.3. The molecule has 1 atom stereocenters. The molecule has 0 radical (unpaired) electrons. The number of aromatic nitrogens is 4. The van der Waals surface area contributed by atoms with Gasteiger partial charge in [-0.2, -0.15) is 10.1 Å². The highest BCUT2D eigenvalue weighted by Gasteiger charge is 2.27. The first kappa shape index (κ1) is 17.0. The van der Waals surface area contributed by atoms with Gasteiger partial charge in [-0.05, 0) is 25.3 Å². The van der Waals surface area contributed by atoms with Gasteiger partial charge in [0.25, 0.3) is 12.3 Å². The summed E-state index contributed by atoms with van der Waals surface area (Å²) in [7, 11) is 0. The minimum Gasteiger partial charge on any atom is -0.334 e. The molecule has 0 saturated carbocycles. The lowest BCUT2D eigenvalue weighted by atomic mass is 10.1. The van der Waals surface area contributed by atoms with Gasteiger partial charge in [0.2, 0.25) is 0 Å². The number of rotatable bonds is 5. The Morgan fingerprint density at radius 1 is 1.33 bits per heavy atom. The molecule has 0 aromatic carbocycles. The van der Waals surface area contributed by atoms with Crippen LogP contribution in [0.4, 0.5) is 8.78 Å². The van der Waals surface area contributed by atoms with Crippen molar-refractivity contribution in [3.8, 4) is 11.5 Å². The van der Waals surface area contributed by atoms with Gasteiger partial charge in [0.15, 0.2) is 5.82 Å². The minimum atomic E-state index is -2.65. The monoisotopic (exact) mass is 339 g/mol. The van der Waals surface area contributed by atoms with E-state index in [9.17, 15) is 8.78 Å². The third-order valence-corrected chi connectivity index (χ3v) is 4.17. The summed E-state index contributed by atoms with van der Waals surface area (Å²) in [6.45, 7) is 5.24. The molecule has 3 heterocycles. The van der Waals surface area contributed by atoms with E-state index in [1.807, 2.05) is 13.8 Å². The molecule has 1 fully saturated rings. The van der Waals surface area contributed by atoms with Crippen LogP contribution in [0.1, 0.15) is 63.5 Å². The van der Waals surface area contributed by atoms with Crippen LogP contribution in [0.2, 0.25) is 0 Å². The van der Waals surface area contributed by atoms with Crippen molar-refractivity contribution in [2.24, 2.45) is 5.92 Å². The lowest BCUT2D eigenvalue weighted by Gasteiger charge is -2.10. The second-order valence-corrected chi connectivity index (χ2v) is 6.63. The number of nitrogens with one attached hydrogen (secondary N) is 1. The highest BCUT2D eigenvalue weighted by molar-refractivity contribution is 5.55. The molecule has 2 aromatic rings. The SMILES string of the molecule is CC(C)Cn1ncc(-c2nc([C@H]3CCCCCN3)no2)c1C(F)F. The van der Waals surface area contributed by atoms with Crippen LogP contribution in [-0.2, 0) is 6.54 Å². The standard InChI is InChI=1S/C16H23F2N5O/c1-10(2)9-23-13(14(17)18)11(8-20-23)16-21-15(22-24-16)12-6-4-3-5-7-19-12/h8,10,12,14,19H,3-7,9H2,1-2H3/t12-/m1/s1. The van der Waals surface area contributed by atoms with Gasteiger partial charge < -0.3 is 9.84 Å². The van der Waals surface area contributed by atoms with Crippen LogP contribution in [-0.4, -0.2) is 26.5 Å². The number of alkyl halides is 2. The van der Waals surface area contributed by atoms with Gasteiger partial charge in [0, 0.05) is 6.54 Å². The molecule has 1 aliphatic heterocycles. The summed E-state index contributed by atoms with van der Waals surface area (Å²) in [5.41, 5.74) is 0.0609. The topological polar surface area (TPSA) is 68.8 Å². The predicted molar refractivity (Wildman–Crippen MR) is 84.5 cm³/mol. The molecule has 1 N–H and O–H groups in total. The van der Waals surface area contributed by atoms with Crippen molar-refractivity contribution in [1.29, 1.82) is 0 Å². The zero-order chi connectivity index (χ0) is 17.1. The summed E-state index contributed by atoms with van der Waals surface area (Å²) in [5.74, 6) is 0.855. The van der Waals surface area contributed by atoms with Crippen LogP contribution in [0.15, 0.2) is 10.7 Å². The van der Waals surface area contributed by atoms with E-state index in [-0.39, 0.29) is 29.1 Å². The van der Waals surface area contributed by atoms with Crippen molar-refractivity contribution in [2.45, 2.75) is 58.5 Å². The van der Waals surface area contributed by atoms with Crippen LogP contribution >= 0.6 is 0 Å². The Morgan fingerprint density at radius 2 is 2.17 bits per heavy atom. The lowest BCUT2D eigenvalue weighted by molar-refractivity contribution is 0.138. The number of hydrogen-bond donors (Lipinski definition) is 1. The van der Waals surface area contributed by atoms with E-state index < -0.39 is 6.43 Å². The summed E-state index contributed by atoms with van der Waals surface area (Å²) >= 11 is 0. The third kappa shape index (κ3) is 3.63. The summed E-state index contributed by atoms with van der Waals surface area (Å²) in [6, 6.07) is 0.0192. The van der Waals surface area contributed by atoms with Gasteiger partial charge in [-0.25, -0.2) is 8.78 Å². The van der Waals surface area contributed by atoms with E-state index in [2.05, 4.69) is 20.6 Å². The van der Waals surface area contributed by atoms with Crippen LogP contribution in [0.3, 0.4) is 0 Å². The Balaban J connectivity index is 1.88. The quantitative estimate of drug-likeness (QED) is 0.899. The van der Waals surface area contributed by atoms with Crippen LogP contribution in [0.5, 0.6) is 0 Å². The van der Waals surface area contributed by atoms with Gasteiger partial charge in [-0.1, -0.05) is 31.8 Å². The smallest absolute Gasteiger partial charge is 0.280 e. The van der Waals surface area contributed by atoms with E-state index in [4.69, 9.17) is 4.52 Å². The molecule has 132 valence electrons. The van der Waals surface area contributed by atoms with Crippen molar-refractivity contribution in [2.75, 3.05) is 6.54 Å². The first-order chi connectivity index (χ1) is 11.6. The molecular formula is C16H23F2N5O. The molecule has 0 bridgehead atoms. The zero-order valence-electron chi connectivity index (χ0n) is 14.0. The molecule has 6 nitrogen and oxygen atoms in total. The fourth-order valence-electron chi connectivity index (χ4n) is 3.02. The summed E-state index contributed by atoms with van der Waals surface area (Å²) in [5, 5.41) is 11.5. The Labute approximate surface area is 139 Å². The Kier molecular flexibility index (Phi) is 5.23. The van der Waals surface area contributed by atoms with E-state index in [0.717, 1.165) is 25.8 Å². The van der Waals surface area contributed by atoms with Crippen molar-refractivity contribution in [1.82, 2.24) is 25.2 Å². The number of halogens is 2. The van der Waals surface area contributed by atoms with Crippen molar-refractivity contribution in [3.63, 3.8) is 0 Å². The molecule has 24 heavy (non-hydrogen) atoms. The van der Waals surface area contributed by atoms with Gasteiger partial charge in [0.05, 0.1) is 17.8 Å². The maximum Gasteiger partial charge on any atom is 0.280 e. The van der Waals surface area contributed by atoms with Crippen LogP contribution < -0.4 is 5.32 Å². The largest absolute Gasteiger partial charge is 0.334 e. The van der Waals surface area contributed by atoms with Crippen LogP contribution in [0, 0.1) is 5.92 Å². The normalized spacial score (nSPS) is 19.2. The molecule has 1 aliphatic rings. The second-order valence-electron chi connectivity index (χ2n) is 6.63. The molecule has 2 aromatic heterocycles. The highest BCUT2D eigenvalue weighted by Crippen LogP contribution is 2.31. The molecule has 0 amide bonds.